The third-order valence-electron chi connectivity index (χ3n) is 1.35. The lowest BCUT2D eigenvalue weighted by molar-refractivity contribution is -0.139. The van der Waals surface area contributed by atoms with E-state index in [4.69, 9.17) is 5.11 Å². The van der Waals surface area contributed by atoms with Gasteiger partial charge in [-0.3, -0.25) is 4.79 Å². The number of aliphatic carboxylic acids is 1. The van der Waals surface area contributed by atoms with Crippen LogP contribution in [0.5, 0.6) is 0 Å². The van der Waals surface area contributed by atoms with Crippen LogP contribution in [0.1, 0.15) is 20.3 Å². The molecular formula is C7H15N2O2. The zero-order valence-electron chi connectivity index (χ0n) is 7.16. The summed E-state index contributed by atoms with van der Waals surface area (Å²) < 4.78 is 0. The highest BCUT2D eigenvalue weighted by Crippen LogP contribution is 2.03. The van der Waals surface area contributed by atoms with E-state index in [1.54, 1.807) is 7.05 Å². The predicted molar refractivity (Wildman–Crippen MR) is 42.1 cm³/mol. The zero-order valence-corrected chi connectivity index (χ0v) is 7.16. The summed E-state index contributed by atoms with van der Waals surface area (Å²) in [7, 11) is 1.67. The van der Waals surface area contributed by atoms with Crippen molar-refractivity contribution in [2.24, 2.45) is 5.92 Å². The molecule has 0 aliphatic carbocycles. The molecule has 2 N–H and O–H groups in total. The molecule has 11 heavy (non-hydrogen) atoms. The summed E-state index contributed by atoms with van der Waals surface area (Å²) >= 11 is 0. The summed E-state index contributed by atoms with van der Waals surface area (Å²) in [4.78, 5) is 10.4. The monoisotopic (exact) mass is 159 g/mol. The molecule has 4 nitrogen and oxygen atoms in total. The van der Waals surface area contributed by atoms with E-state index in [1.165, 1.54) is 0 Å². The molecule has 0 spiro atoms. The van der Waals surface area contributed by atoms with Gasteiger partial charge in [0.25, 0.3) is 0 Å². The van der Waals surface area contributed by atoms with Gasteiger partial charge in [-0.2, -0.15) is 0 Å². The fourth-order valence-corrected chi connectivity index (χ4v) is 0.814. The van der Waals surface area contributed by atoms with E-state index in [0.717, 1.165) is 0 Å². The highest BCUT2D eigenvalue weighted by Gasteiger charge is 2.15. The molecule has 0 aromatic heterocycles. The fraction of sp³-hybridized carbons (Fsp3) is 0.857. The Morgan fingerprint density at radius 2 is 2.00 bits per heavy atom. The molecule has 0 aromatic carbocycles. The van der Waals surface area contributed by atoms with Gasteiger partial charge in [-0.1, -0.05) is 13.8 Å². The Morgan fingerprint density at radius 3 is 2.09 bits per heavy atom. The smallest absolute Gasteiger partial charge is 0.320 e. The molecular weight excluding hydrogens is 144 g/mol. The Hall–Kier alpha value is -0.610. The van der Waals surface area contributed by atoms with Crippen LogP contribution in [-0.4, -0.2) is 24.2 Å². The first-order valence-corrected chi connectivity index (χ1v) is 3.48. The van der Waals surface area contributed by atoms with Crippen molar-refractivity contribution in [3.63, 3.8) is 0 Å². The second-order valence-corrected chi connectivity index (χ2v) is 2.81. The Bertz CT molecular complexity index is 115. The molecule has 1 atom stereocenters. The van der Waals surface area contributed by atoms with Crippen molar-refractivity contribution in [2.75, 3.05) is 7.05 Å². The highest BCUT2D eigenvalue weighted by molar-refractivity contribution is 5.73. The van der Waals surface area contributed by atoms with Crippen LogP contribution in [-0.2, 0) is 4.79 Å². The standard InChI is InChI=1S/C7H15NO2.N/c1-5(2)4-6(8-3)7(9)10;/h5-6,8H,4H2,1-3H3,(H,9,10);/t6-;/m0./s1. The van der Waals surface area contributed by atoms with Gasteiger partial charge in [0.05, 0.1) is 0 Å². The van der Waals surface area contributed by atoms with Crippen molar-refractivity contribution in [3.8, 4) is 0 Å². The van der Waals surface area contributed by atoms with Crippen LogP contribution in [0.4, 0.5) is 0 Å². The third kappa shape index (κ3) is 5.82. The quantitative estimate of drug-likeness (QED) is 0.616. The van der Waals surface area contributed by atoms with Crippen molar-refractivity contribution in [3.05, 3.63) is 0 Å². The van der Waals surface area contributed by atoms with Gasteiger partial charge in [0.2, 0.25) is 0 Å². The van der Waals surface area contributed by atoms with Gasteiger partial charge >= 0.3 is 5.97 Å². The van der Waals surface area contributed by atoms with Crippen molar-refractivity contribution in [1.82, 2.24) is 11.5 Å². The topological polar surface area (TPSA) is 79.8 Å². The van der Waals surface area contributed by atoms with Gasteiger partial charge in [0.1, 0.15) is 6.04 Å². The molecule has 0 saturated carbocycles. The van der Waals surface area contributed by atoms with Gasteiger partial charge in [0.15, 0.2) is 0 Å². The van der Waals surface area contributed by atoms with Crippen LogP contribution in [0.2, 0.25) is 0 Å². The van der Waals surface area contributed by atoms with Crippen LogP contribution in [0, 0.1) is 5.92 Å². The van der Waals surface area contributed by atoms with Crippen LogP contribution in [0.15, 0.2) is 0 Å². The SMILES string of the molecule is CN[C@@H](CC(C)C)C(=O)O.[N]. The van der Waals surface area contributed by atoms with E-state index in [0.29, 0.717) is 12.3 Å². The minimum atomic E-state index is -0.767. The van der Waals surface area contributed by atoms with E-state index in [-0.39, 0.29) is 12.2 Å². The maximum atomic E-state index is 10.4. The molecule has 0 unspecified atom stereocenters. The predicted octanol–water partition coefficient (Wildman–Crippen LogP) is 0.225. The van der Waals surface area contributed by atoms with E-state index in [1.807, 2.05) is 13.8 Å². The number of likely N-dealkylation sites (N-methyl/N-ethyl adjacent to an activating group) is 1. The van der Waals surface area contributed by atoms with Gasteiger partial charge < -0.3 is 10.4 Å². The number of rotatable bonds is 4. The van der Waals surface area contributed by atoms with Crippen molar-refractivity contribution >= 4 is 5.97 Å². The van der Waals surface area contributed by atoms with E-state index in [9.17, 15) is 4.79 Å². The molecule has 0 aliphatic heterocycles. The first-order valence-electron chi connectivity index (χ1n) is 3.48. The maximum absolute atomic E-state index is 10.4. The lowest BCUT2D eigenvalue weighted by Crippen LogP contribution is -2.34. The number of hydrogen-bond acceptors (Lipinski definition) is 2. The summed E-state index contributed by atoms with van der Waals surface area (Å²) in [5, 5.41) is 11.3. The van der Waals surface area contributed by atoms with E-state index < -0.39 is 5.97 Å². The number of nitrogens with one attached hydrogen (secondary N) is 1. The third-order valence-corrected chi connectivity index (χ3v) is 1.35. The molecule has 0 fully saturated rings. The van der Waals surface area contributed by atoms with Crippen LogP contribution >= 0.6 is 0 Å². The lowest BCUT2D eigenvalue weighted by Gasteiger charge is -2.12. The van der Waals surface area contributed by atoms with Crippen molar-refractivity contribution in [1.29, 1.82) is 0 Å². The van der Waals surface area contributed by atoms with Crippen LogP contribution < -0.4 is 11.5 Å². The normalized spacial score (nSPS) is 12.4. The summed E-state index contributed by atoms with van der Waals surface area (Å²) in [5.41, 5.74) is 0. The number of nitrogens with zero attached hydrogens (tertiary/aromatic N) is 1. The number of hydrogen-bond donors (Lipinski definition) is 2. The van der Waals surface area contributed by atoms with Crippen molar-refractivity contribution < 1.29 is 9.90 Å². The summed E-state index contributed by atoms with van der Waals surface area (Å²) in [6, 6.07) is -0.389. The summed E-state index contributed by atoms with van der Waals surface area (Å²) in [5.74, 6) is -0.343. The highest BCUT2D eigenvalue weighted by atomic mass is 16.4. The minimum Gasteiger partial charge on any atom is -0.480 e. The molecule has 65 valence electrons. The number of carboxylic acid groups (broad SMARTS) is 1. The average Bonchev–Trinajstić information content (AvgIpc) is 1.81. The van der Waals surface area contributed by atoms with Crippen molar-refractivity contribution in [2.45, 2.75) is 26.3 Å². The molecule has 0 aromatic rings. The van der Waals surface area contributed by atoms with E-state index >= 15 is 0 Å². The Labute approximate surface area is 67.6 Å². The van der Waals surface area contributed by atoms with E-state index in [2.05, 4.69) is 5.32 Å². The van der Waals surface area contributed by atoms with Gasteiger partial charge in [0, 0.05) is 6.15 Å². The van der Waals surface area contributed by atoms with Gasteiger partial charge in [-0.15, -0.1) is 0 Å². The maximum Gasteiger partial charge on any atom is 0.320 e. The van der Waals surface area contributed by atoms with Gasteiger partial charge in [-0.05, 0) is 19.4 Å². The second-order valence-electron chi connectivity index (χ2n) is 2.81. The minimum absolute atomic E-state index is 0. The molecule has 0 saturated heterocycles. The molecule has 3 radical (unpaired) electrons. The summed E-state index contributed by atoms with van der Waals surface area (Å²) in [6.45, 7) is 4.01. The van der Waals surface area contributed by atoms with Crippen LogP contribution in [0.25, 0.3) is 0 Å². The molecule has 0 rings (SSSR count). The Kier molecular flexibility index (Phi) is 7.24. The number of carbonyl (C=O) groups is 1. The molecule has 0 heterocycles. The Morgan fingerprint density at radius 1 is 1.55 bits per heavy atom. The second kappa shape index (κ2) is 6.12. The molecule has 0 bridgehead atoms. The molecule has 0 amide bonds. The number of carboxylic acids is 1. The average molecular weight is 159 g/mol. The first kappa shape index (κ1) is 13.0. The Balaban J connectivity index is 0. The first-order chi connectivity index (χ1) is 4.57. The molecule has 0 aliphatic rings. The largest absolute Gasteiger partial charge is 0.480 e. The zero-order chi connectivity index (χ0) is 8.15. The molecule has 4 heteroatoms. The summed E-state index contributed by atoms with van der Waals surface area (Å²) in [6.07, 6.45) is 0.686. The lowest BCUT2D eigenvalue weighted by atomic mass is 10.0. The van der Waals surface area contributed by atoms with Crippen LogP contribution in [0.3, 0.4) is 0 Å². The van der Waals surface area contributed by atoms with Gasteiger partial charge in [-0.25, -0.2) is 0 Å². The fourth-order valence-electron chi connectivity index (χ4n) is 0.814.